The molecule has 0 saturated carbocycles. The molecule has 0 aromatic heterocycles. The number of hydrogen-bond donors (Lipinski definition) is 1. The highest BCUT2D eigenvalue weighted by molar-refractivity contribution is 7.80. The number of nitro groups is 1. The minimum absolute atomic E-state index is 0.146. The van der Waals surface area contributed by atoms with Crippen LogP contribution in [-0.4, -0.2) is 15.7 Å². The van der Waals surface area contributed by atoms with Gasteiger partial charge in [-0.1, -0.05) is 36.5 Å². The van der Waals surface area contributed by atoms with Crippen LogP contribution in [0, 0.1) is 26.9 Å². The van der Waals surface area contributed by atoms with E-state index in [9.17, 15) is 20.2 Å². The molecule has 0 unspecified atom stereocenters. The van der Waals surface area contributed by atoms with E-state index in [0.29, 0.717) is 16.8 Å². The molecule has 7 heteroatoms. The van der Waals surface area contributed by atoms with Gasteiger partial charge in [0.15, 0.2) is 5.78 Å². The predicted molar refractivity (Wildman–Crippen MR) is 97.8 cm³/mol. The molecule has 1 aliphatic heterocycles. The van der Waals surface area contributed by atoms with Crippen molar-refractivity contribution in [2.24, 2.45) is 5.41 Å². The number of hydrogen-bond acceptors (Lipinski definition) is 5. The fourth-order valence-electron chi connectivity index (χ4n) is 3.33. The fraction of sp³-hybridized carbons (Fsp3) is 0.278. The molecular weight excluding hydrogens is 338 g/mol. The van der Waals surface area contributed by atoms with Gasteiger partial charge in [-0.15, -0.1) is 6.58 Å². The van der Waals surface area contributed by atoms with Crippen molar-refractivity contribution in [2.75, 3.05) is 0 Å². The van der Waals surface area contributed by atoms with Crippen LogP contribution < -0.4 is 5.32 Å². The molecule has 128 valence electrons. The van der Waals surface area contributed by atoms with Gasteiger partial charge >= 0.3 is 0 Å². The maximum absolute atomic E-state index is 12.3. The number of allylic oxidation sites excluding steroid dienone is 3. The van der Waals surface area contributed by atoms with E-state index >= 15 is 0 Å². The zero-order chi connectivity index (χ0) is 18.8. The third kappa shape index (κ3) is 2.96. The van der Waals surface area contributed by atoms with Gasteiger partial charge in [-0.05, 0) is 20.3 Å². The Morgan fingerprint density at radius 1 is 1.56 bits per heavy atom. The smallest absolute Gasteiger partial charge is 0.273 e. The second kappa shape index (κ2) is 6.95. The Kier molecular flexibility index (Phi) is 5.14. The van der Waals surface area contributed by atoms with E-state index in [0.717, 1.165) is 0 Å². The maximum Gasteiger partial charge on any atom is 0.273 e. The van der Waals surface area contributed by atoms with Gasteiger partial charge < -0.3 is 5.32 Å². The van der Waals surface area contributed by atoms with E-state index in [1.807, 2.05) is 0 Å². The first-order chi connectivity index (χ1) is 11.8. The first-order valence-corrected chi connectivity index (χ1v) is 7.99. The monoisotopic (exact) mass is 355 g/mol. The number of thiocarbonyl (C=S) groups is 1. The summed E-state index contributed by atoms with van der Waals surface area (Å²) in [6, 6.07) is 8.34. The summed E-state index contributed by atoms with van der Waals surface area (Å²) in [6.45, 7) is 6.75. The molecule has 1 aromatic rings. The number of nitro benzene ring substituents is 1. The molecule has 0 aliphatic carbocycles. The van der Waals surface area contributed by atoms with Crippen molar-refractivity contribution in [1.82, 2.24) is 5.32 Å². The van der Waals surface area contributed by atoms with Gasteiger partial charge in [0.2, 0.25) is 0 Å². The molecule has 6 nitrogen and oxygen atoms in total. The Hall–Kier alpha value is -2.85. The number of carbonyl (C=O) groups excluding carboxylic acids is 1. The lowest BCUT2D eigenvalue weighted by Crippen LogP contribution is -2.48. The van der Waals surface area contributed by atoms with Gasteiger partial charge in [-0.2, -0.15) is 5.26 Å². The summed E-state index contributed by atoms with van der Waals surface area (Å²) in [5, 5.41) is 24.4. The highest BCUT2D eigenvalue weighted by atomic mass is 32.1. The van der Waals surface area contributed by atoms with Crippen molar-refractivity contribution in [3.63, 3.8) is 0 Å². The number of para-hydroxylation sites is 1. The van der Waals surface area contributed by atoms with Crippen molar-refractivity contribution in [3.05, 3.63) is 63.9 Å². The summed E-state index contributed by atoms with van der Waals surface area (Å²) in [7, 11) is 0. The zero-order valence-electron chi connectivity index (χ0n) is 13.9. The minimum atomic E-state index is -1.32. The lowest BCUT2D eigenvalue weighted by molar-refractivity contribution is -0.385. The molecule has 0 spiro atoms. The van der Waals surface area contributed by atoms with Crippen molar-refractivity contribution < 1.29 is 9.72 Å². The van der Waals surface area contributed by atoms with Gasteiger partial charge in [0.05, 0.1) is 11.0 Å². The van der Waals surface area contributed by atoms with E-state index < -0.39 is 16.3 Å². The highest BCUT2D eigenvalue weighted by Crippen LogP contribution is 2.50. The Labute approximate surface area is 151 Å². The average Bonchev–Trinajstić information content (AvgIpc) is 2.56. The molecule has 2 rings (SSSR count). The van der Waals surface area contributed by atoms with Crippen molar-refractivity contribution in [1.29, 1.82) is 5.26 Å². The summed E-state index contributed by atoms with van der Waals surface area (Å²) in [4.78, 5) is 23.6. The second-order valence-electron chi connectivity index (χ2n) is 5.87. The Morgan fingerprint density at radius 3 is 2.72 bits per heavy atom. The van der Waals surface area contributed by atoms with E-state index in [1.54, 1.807) is 25.1 Å². The van der Waals surface area contributed by atoms with Crippen LogP contribution in [0.2, 0.25) is 0 Å². The second-order valence-corrected chi connectivity index (χ2v) is 6.28. The van der Waals surface area contributed by atoms with Crippen LogP contribution >= 0.6 is 12.2 Å². The van der Waals surface area contributed by atoms with Crippen LogP contribution in [0.25, 0.3) is 0 Å². The van der Waals surface area contributed by atoms with Gasteiger partial charge in [0.1, 0.15) is 10.4 Å². The van der Waals surface area contributed by atoms with Crippen LogP contribution in [0.3, 0.4) is 0 Å². The molecule has 25 heavy (non-hydrogen) atoms. The molecule has 1 N–H and O–H groups in total. The number of benzene rings is 1. The van der Waals surface area contributed by atoms with Crippen LogP contribution in [0.4, 0.5) is 5.69 Å². The summed E-state index contributed by atoms with van der Waals surface area (Å²) in [5.74, 6) is -1.11. The molecule has 0 bridgehead atoms. The number of Topliss-reactive ketones (excluding diaryl/α,β-unsaturated/α-hetero) is 1. The van der Waals surface area contributed by atoms with Gasteiger partial charge in [0, 0.05) is 28.8 Å². The normalized spacial score (nSPS) is 22.8. The summed E-state index contributed by atoms with van der Waals surface area (Å²) >= 11 is 5.41. The number of carbonyl (C=O) groups is 1. The lowest BCUT2D eigenvalue weighted by Gasteiger charge is -2.41. The molecule has 0 fully saturated rings. The molecule has 2 atom stereocenters. The third-order valence-electron chi connectivity index (χ3n) is 4.38. The van der Waals surface area contributed by atoms with Crippen LogP contribution in [-0.2, 0) is 4.79 Å². The van der Waals surface area contributed by atoms with Gasteiger partial charge in [0.25, 0.3) is 5.69 Å². The summed E-state index contributed by atoms with van der Waals surface area (Å²) in [5.41, 5.74) is -0.331. The average molecular weight is 355 g/mol. The molecular formula is C18H17N3O3S. The minimum Gasteiger partial charge on any atom is -0.352 e. The Bertz CT molecular complexity index is 853. The van der Waals surface area contributed by atoms with Gasteiger partial charge in [-0.3, -0.25) is 14.9 Å². The zero-order valence-corrected chi connectivity index (χ0v) is 14.7. The van der Waals surface area contributed by atoms with Crippen molar-refractivity contribution in [2.45, 2.75) is 26.2 Å². The maximum atomic E-state index is 12.3. The molecule has 1 aromatic carbocycles. The fourth-order valence-corrected chi connectivity index (χ4v) is 3.73. The van der Waals surface area contributed by atoms with E-state index in [4.69, 9.17) is 12.2 Å². The number of nitrogens with zero attached hydrogens (tertiary/aromatic N) is 2. The van der Waals surface area contributed by atoms with Crippen LogP contribution in [0.5, 0.6) is 0 Å². The third-order valence-corrected chi connectivity index (χ3v) is 4.85. The standard InChI is InChI=1S/C18H17N3O3S/c1-4-9-18(10-19)16(13-7-5-6-8-14(13)21(23)24)15(12(3)22)11(2)20-17(18)25/h4-8,16H,1,9H2,2-3H3,(H,20,25)/t16-,18+/m0/s1. The molecule has 1 aliphatic rings. The van der Waals surface area contributed by atoms with E-state index in [2.05, 4.69) is 18.0 Å². The molecule has 0 radical (unpaired) electrons. The van der Waals surface area contributed by atoms with Gasteiger partial charge in [-0.25, -0.2) is 0 Å². The first kappa shape index (κ1) is 18.5. The van der Waals surface area contributed by atoms with Crippen molar-refractivity contribution in [3.8, 4) is 6.07 Å². The number of nitriles is 1. The Morgan fingerprint density at radius 2 is 2.20 bits per heavy atom. The van der Waals surface area contributed by atoms with Crippen LogP contribution in [0.1, 0.15) is 31.7 Å². The Balaban J connectivity index is 2.91. The quantitative estimate of drug-likeness (QED) is 0.375. The largest absolute Gasteiger partial charge is 0.352 e. The number of ketones is 1. The topological polar surface area (TPSA) is 96.0 Å². The van der Waals surface area contributed by atoms with E-state index in [-0.39, 0.29) is 22.9 Å². The first-order valence-electron chi connectivity index (χ1n) is 7.58. The number of nitrogens with one attached hydrogen (secondary N) is 1. The molecule has 1 heterocycles. The predicted octanol–water partition coefficient (Wildman–Crippen LogP) is 3.56. The lowest BCUT2D eigenvalue weighted by atomic mass is 9.64. The molecule has 0 saturated heterocycles. The summed E-state index contributed by atoms with van der Waals surface area (Å²) < 4.78 is 0. The highest BCUT2D eigenvalue weighted by Gasteiger charge is 2.51. The summed E-state index contributed by atoms with van der Waals surface area (Å²) in [6.07, 6.45) is 1.70. The van der Waals surface area contributed by atoms with Crippen LogP contribution in [0.15, 0.2) is 48.2 Å². The van der Waals surface area contributed by atoms with Crippen molar-refractivity contribution >= 4 is 28.7 Å². The van der Waals surface area contributed by atoms with E-state index in [1.165, 1.54) is 19.1 Å². The SMILES string of the molecule is C=CC[C@]1(C#N)C(=S)NC(C)=C(C(C)=O)[C@@H]1c1ccccc1[N+](=O)[O-]. The number of rotatable bonds is 5. The molecule has 0 amide bonds.